The first-order chi connectivity index (χ1) is 9.36. The van der Waals surface area contributed by atoms with Gasteiger partial charge in [0, 0.05) is 17.8 Å². The van der Waals surface area contributed by atoms with Crippen molar-refractivity contribution in [2.75, 3.05) is 5.32 Å². The Kier molecular flexibility index (Phi) is 3.73. The minimum Gasteiger partial charge on any atom is -0.334 e. The number of carbonyl (C=O) groups excluding carboxylic acids is 1. The third-order valence-corrected chi connectivity index (χ3v) is 2.78. The minimum absolute atomic E-state index is 0.169. The molecule has 2 aromatic heterocycles. The molecule has 3 N–H and O–H groups in total. The maximum atomic E-state index is 11.7. The van der Waals surface area contributed by atoms with Crippen LogP contribution in [0, 0.1) is 6.92 Å². The maximum Gasteiger partial charge on any atom is 0.321 e. The van der Waals surface area contributed by atoms with Gasteiger partial charge in [0.15, 0.2) is 0 Å². The van der Waals surface area contributed by atoms with Crippen LogP contribution in [-0.2, 0) is 12.1 Å². The van der Waals surface area contributed by atoms with Gasteiger partial charge in [0.1, 0.15) is 6.33 Å². The average molecular weight is 277 g/mol. The number of aryl methyl sites for hydroxylation is 1. The normalized spacial score (nSPS) is 11.4. The summed E-state index contributed by atoms with van der Waals surface area (Å²) in [7, 11) is 0. The molecule has 108 valence electrons. The summed E-state index contributed by atoms with van der Waals surface area (Å²) in [4.78, 5) is 15.8. The summed E-state index contributed by atoms with van der Waals surface area (Å²) >= 11 is 0. The van der Waals surface area contributed by atoms with E-state index in [4.69, 9.17) is 0 Å². The van der Waals surface area contributed by atoms with Crippen molar-refractivity contribution >= 4 is 12.0 Å². The number of H-pyrrole nitrogens is 1. The van der Waals surface area contributed by atoms with E-state index < -0.39 is 0 Å². The fourth-order valence-corrected chi connectivity index (χ4v) is 1.52. The third kappa shape index (κ3) is 3.34. The van der Waals surface area contributed by atoms with Crippen LogP contribution in [0.15, 0.2) is 12.5 Å². The molecule has 0 aliphatic heterocycles. The first-order valence-corrected chi connectivity index (χ1v) is 6.32. The molecule has 20 heavy (non-hydrogen) atoms. The molecule has 0 bridgehead atoms. The highest BCUT2D eigenvalue weighted by molar-refractivity contribution is 5.87. The molecule has 0 spiro atoms. The van der Waals surface area contributed by atoms with Crippen molar-refractivity contribution in [3.63, 3.8) is 0 Å². The molecule has 8 heteroatoms. The predicted molar refractivity (Wildman–Crippen MR) is 74.2 cm³/mol. The second kappa shape index (κ2) is 5.32. The lowest BCUT2D eigenvalue weighted by Crippen LogP contribution is -2.29. The molecule has 0 fully saturated rings. The van der Waals surface area contributed by atoms with E-state index >= 15 is 0 Å². The summed E-state index contributed by atoms with van der Waals surface area (Å²) in [5.41, 5.74) is 1.70. The topological polar surface area (TPSA) is 101 Å². The van der Waals surface area contributed by atoms with E-state index in [1.807, 2.05) is 27.7 Å². The molecule has 2 rings (SSSR count). The summed E-state index contributed by atoms with van der Waals surface area (Å²) in [6, 6.07) is -0.350. The van der Waals surface area contributed by atoms with Crippen LogP contribution in [0.2, 0.25) is 0 Å². The first kappa shape index (κ1) is 14.0. The zero-order valence-corrected chi connectivity index (χ0v) is 12.1. The number of hydrogen-bond acceptors (Lipinski definition) is 4. The zero-order valence-electron chi connectivity index (χ0n) is 12.1. The standard InChI is InChI=1S/C12H19N7O/c1-8-9(6-15-17-8)5-13-11(20)16-10-14-7-19(18-10)12(2,3)4/h6-7H,5H2,1-4H3,(H,15,17)(H2,13,16,18,20). The summed E-state index contributed by atoms with van der Waals surface area (Å²) in [5, 5.41) is 16.2. The highest BCUT2D eigenvalue weighted by Crippen LogP contribution is 2.12. The number of aromatic amines is 1. The Labute approximate surface area is 117 Å². The van der Waals surface area contributed by atoms with Crippen LogP contribution in [0.4, 0.5) is 10.7 Å². The number of urea groups is 1. The van der Waals surface area contributed by atoms with Crippen molar-refractivity contribution in [3.05, 3.63) is 23.8 Å². The van der Waals surface area contributed by atoms with E-state index in [0.29, 0.717) is 6.54 Å². The molecule has 2 heterocycles. The lowest BCUT2D eigenvalue weighted by Gasteiger charge is -2.17. The number of carbonyl (C=O) groups is 1. The van der Waals surface area contributed by atoms with Crippen LogP contribution in [0.3, 0.4) is 0 Å². The van der Waals surface area contributed by atoms with Gasteiger partial charge in [0.2, 0.25) is 5.95 Å². The Morgan fingerprint density at radius 3 is 2.75 bits per heavy atom. The highest BCUT2D eigenvalue weighted by atomic mass is 16.2. The Balaban J connectivity index is 1.89. The SMILES string of the molecule is Cc1[nH]ncc1CNC(=O)Nc1ncn(C(C)(C)C)n1. The van der Waals surface area contributed by atoms with Crippen LogP contribution in [0.5, 0.6) is 0 Å². The van der Waals surface area contributed by atoms with Crippen molar-refractivity contribution in [1.29, 1.82) is 0 Å². The van der Waals surface area contributed by atoms with Crippen molar-refractivity contribution < 1.29 is 4.79 Å². The van der Waals surface area contributed by atoms with Crippen molar-refractivity contribution in [2.45, 2.75) is 39.8 Å². The fraction of sp³-hybridized carbons (Fsp3) is 0.500. The van der Waals surface area contributed by atoms with Crippen LogP contribution < -0.4 is 10.6 Å². The van der Waals surface area contributed by atoms with Gasteiger partial charge in [-0.3, -0.25) is 10.4 Å². The molecule has 0 saturated carbocycles. The molecule has 8 nitrogen and oxygen atoms in total. The lowest BCUT2D eigenvalue weighted by molar-refractivity contribution is 0.251. The number of nitrogens with one attached hydrogen (secondary N) is 3. The van der Waals surface area contributed by atoms with Gasteiger partial charge < -0.3 is 5.32 Å². The van der Waals surface area contributed by atoms with E-state index in [0.717, 1.165) is 11.3 Å². The number of nitrogens with zero attached hydrogens (tertiary/aromatic N) is 4. The molecule has 0 unspecified atom stereocenters. The summed E-state index contributed by atoms with van der Waals surface area (Å²) in [6.45, 7) is 8.32. The molecule has 0 aliphatic carbocycles. The van der Waals surface area contributed by atoms with Gasteiger partial charge in [0.05, 0.1) is 11.7 Å². The Morgan fingerprint density at radius 1 is 1.45 bits per heavy atom. The van der Waals surface area contributed by atoms with Crippen LogP contribution in [-0.4, -0.2) is 31.0 Å². The quantitative estimate of drug-likeness (QED) is 0.789. The second-order valence-electron chi connectivity index (χ2n) is 5.51. The number of hydrogen-bond donors (Lipinski definition) is 3. The Hall–Kier alpha value is -2.38. The maximum absolute atomic E-state index is 11.7. The third-order valence-electron chi connectivity index (χ3n) is 2.78. The average Bonchev–Trinajstić information content (AvgIpc) is 2.95. The predicted octanol–water partition coefficient (Wildman–Crippen LogP) is 1.39. The summed E-state index contributed by atoms with van der Waals surface area (Å²) < 4.78 is 1.70. The lowest BCUT2D eigenvalue weighted by atomic mass is 10.1. The van der Waals surface area contributed by atoms with E-state index in [1.165, 1.54) is 0 Å². The first-order valence-electron chi connectivity index (χ1n) is 6.32. The van der Waals surface area contributed by atoms with Crippen LogP contribution in [0.25, 0.3) is 0 Å². The number of rotatable bonds is 3. The van der Waals surface area contributed by atoms with Crippen LogP contribution in [0.1, 0.15) is 32.0 Å². The molecule has 0 atom stereocenters. The molecule has 2 amide bonds. The zero-order chi connectivity index (χ0) is 14.8. The number of aromatic nitrogens is 5. The van der Waals surface area contributed by atoms with Gasteiger partial charge in [-0.15, -0.1) is 5.10 Å². The van der Waals surface area contributed by atoms with Crippen molar-refractivity contribution in [3.8, 4) is 0 Å². The smallest absolute Gasteiger partial charge is 0.321 e. The van der Waals surface area contributed by atoms with E-state index in [2.05, 4.69) is 30.9 Å². The van der Waals surface area contributed by atoms with Gasteiger partial charge in [-0.05, 0) is 27.7 Å². The second-order valence-corrected chi connectivity index (χ2v) is 5.51. The molecule has 0 aliphatic rings. The molecule has 2 aromatic rings. The van der Waals surface area contributed by atoms with Gasteiger partial charge in [-0.25, -0.2) is 14.5 Å². The Bertz CT molecular complexity index is 593. The molecule has 0 saturated heterocycles. The van der Waals surface area contributed by atoms with Crippen molar-refractivity contribution in [1.82, 2.24) is 30.3 Å². The summed E-state index contributed by atoms with van der Waals surface area (Å²) in [6.07, 6.45) is 3.28. The van der Waals surface area contributed by atoms with Gasteiger partial charge in [-0.2, -0.15) is 5.10 Å². The van der Waals surface area contributed by atoms with Gasteiger partial charge in [0.25, 0.3) is 0 Å². The highest BCUT2D eigenvalue weighted by Gasteiger charge is 2.15. The van der Waals surface area contributed by atoms with Crippen LogP contribution >= 0.6 is 0 Å². The van der Waals surface area contributed by atoms with Gasteiger partial charge >= 0.3 is 6.03 Å². The van der Waals surface area contributed by atoms with Gasteiger partial charge in [-0.1, -0.05) is 0 Å². The number of amides is 2. The minimum atomic E-state index is -0.350. The molecule has 0 radical (unpaired) electrons. The fourth-order valence-electron chi connectivity index (χ4n) is 1.52. The summed E-state index contributed by atoms with van der Waals surface area (Å²) in [5.74, 6) is 0.279. The monoisotopic (exact) mass is 277 g/mol. The molecular weight excluding hydrogens is 258 g/mol. The largest absolute Gasteiger partial charge is 0.334 e. The van der Waals surface area contributed by atoms with Crippen molar-refractivity contribution in [2.24, 2.45) is 0 Å². The molecular formula is C12H19N7O. The molecule has 0 aromatic carbocycles. The van der Waals surface area contributed by atoms with E-state index in [9.17, 15) is 4.79 Å². The van der Waals surface area contributed by atoms with E-state index in [1.54, 1.807) is 17.2 Å². The Morgan fingerprint density at radius 2 is 2.20 bits per heavy atom. The number of anilines is 1. The van der Waals surface area contributed by atoms with E-state index in [-0.39, 0.29) is 17.5 Å².